The maximum Gasteiger partial charge on any atom is 0.183 e. The third-order valence-corrected chi connectivity index (χ3v) is 3.00. The molecule has 1 aliphatic rings. The summed E-state index contributed by atoms with van der Waals surface area (Å²) in [6, 6.07) is 5.99. The Balaban J connectivity index is 2.03. The van der Waals surface area contributed by atoms with Gasteiger partial charge in [0.15, 0.2) is 12.1 Å². The van der Waals surface area contributed by atoms with Crippen molar-refractivity contribution < 1.29 is 9.47 Å². The molecule has 1 fully saturated rings. The molecule has 2 N–H and O–H groups in total. The predicted octanol–water partition coefficient (Wildman–Crippen LogP) is 1.59. The Bertz CT molecular complexity index is 544. The number of aryl methyl sites for hydroxylation is 1. The van der Waals surface area contributed by atoms with Crippen LogP contribution in [0.3, 0.4) is 0 Å². The fraction of sp³-hybridized carbons (Fsp3) is 0.417. The molecule has 3 rings (SSSR count). The lowest BCUT2D eigenvalue weighted by molar-refractivity contribution is -0.182. The molecule has 1 aromatic carbocycles. The average molecular weight is 233 g/mol. The summed E-state index contributed by atoms with van der Waals surface area (Å²) < 4.78 is 12.9. The Morgan fingerprint density at radius 1 is 1.35 bits per heavy atom. The SMILES string of the molecule is Cn1nc(N)c2cc(C3OCCCO3)ccc21. The lowest BCUT2D eigenvalue weighted by atomic mass is 10.1. The van der Waals surface area contributed by atoms with Gasteiger partial charge < -0.3 is 15.2 Å². The third-order valence-electron chi connectivity index (χ3n) is 3.00. The zero-order valence-corrected chi connectivity index (χ0v) is 9.72. The molecule has 0 radical (unpaired) electrons. The number of nitrogens with zero attached hydrogens (tertiary/aromatic N) is 2. The van der Waals surface area contributed by atoms with Gasteiger partial charge in [-0.3, -0.25) is 4.68 Å². The maximum atomic E-state index is 5.86. The molecular weight excluding hydrogens is 218 g/mol. The largest absolute Gasteiger partial charge is 0.382 e. The summed E-state index contributed by atoms with van der Waals surface area (Å²) in [6.07, 6.45) is 0.682. The summed E-state index contributed by atoms with van der Waals surface area (Å²) in [7, 11) is 1.88. The van der Waals surface area contributed by atoms with E-state index in [-0.39, 0.29) is 6.29 Å². The smallest absolute Gasteiger partial charge is 0.183 e. The minimum absolute atomic E-state index is 0.271. The Hall–Kier alpha value is -1.59. The van der Waals surface area contributed by atoms with Crippen LogP contribution in [0.2, 0.25) is 0 Å². The molecule has 0 bridgehead atoms. The first-order valence-electron chi connectivity index (χ1n) is 5.71. The van der Waals surface area contributed by atoms with Crippen LogP contribution in [0.4, 0.5) is 5.82 Å². The summed E-state index contributed by atoms with van der Waals surface area (Å²) >= 11 is 0. The van der Waals surface area contributed by atoms with Gasteiger partial charge in [-0.05, 0) is 18.6 Å². The van der Waals surface area contributed by atoms with Crippen LogP contribution < -0.4 is 5.73 Å². The maximum absolute atomic E-state index is 5.86. The molecule has 90 valence electrons. The second-order valence-corrected chi connectivity index (χ2v) is 4.21. The first-order chi connectivity index (χ1) is 8.25. The number of aromatic nitrogens is 2. The highest BCUT2D eigenvalue weighted by molar-refractivity contribution is 5.89. The molecule has 0 amide bonds. The van der Waals surface area contributed by atoms with Gasteiger partial charge in [-0.15, -0.1) is 0 Å². The lowest BCUT2D eigenvalue weighted by Gasteiger charge is -2.23. The van der Waals surface area contributed by atoms with E-state index >= 15 is 0 Å². The molecule has 2 heterocycles. The molecule has 0 spiro atoms. The highest BCUT2D eigenvalue weighted by Crippen LogP contribution is 2.28. The van der Waals surface area contributed by atoms with E-state index < -0.39 is 0 Å². The van der Waals surface area contributed by atoms with Gasteiger partial charge in [0.25, 0.3) is 0 Å². The summed E-state index contributed by atoms with van der Waals surface area (Å²) in [5.74, 6) is 0.542. The number of nitrogen functional groups attached to an aromatic ring is 1. The summed E-state index contributed by atoms with van der Waals surface area (Å²) in [5, 5.41) is 5.14. The van der Waals surface area contributed by atoms with Crippen molar-refractivity contribution in [2.24, 2.45) is 7.05 Å². The highest BCUT2D eigenvalue weighted by atomic mass is 16.7. The van der Waals surface area contributed by atoms with Gasteiger partial charge in [0.1, 0.15) is 0 Å². The van der Waals surface area contributed by atoms with Crippen LogP contribution in [0.1, 0.15) is 18.3 Å². The van der Waals surface area contributed by atoms with E-state index in [4.69, 9.17) is 15.2 Å². The Morgan fingerprint density at radius 2 is 2.12 bits per heavy atom. The van der Waals surface area contributed by atoms with E-state index in [9.17, 15) is 0 Å². The van der Waals surface area contributed by atoms with Gasteiger partial charge in [0.05, 0.1) is 18.7 Å². The third kappa shape index (κ3) is 1.77. The molecule has 5 heteroatoms. The number of ether oxygens (including phenoxy) is 2. The van der Waals surface area contributed by atoms with Crippen LogP contribution in [0.25, 0.3) is 10.9 Å². The van der Waals surface area contributed by atoms with E-state index in [2.05, 4.69) is 5.10 Å². The van der Waals surface area contributed by atoms with Gasteiger partial charge in [0.2, 0.25) is 0 Å². The van der Waals surface area contributed by atoms with E-state index in [1.165, 1.54) is 0 Å². The number of anilines is 1. The standard InChI is InChI=1S/C12H15N3O2/c1-15-10-4-3-8(7-9(10)11(13)14-15)12-16-5-2-6-17-12/h3-4,7,12H,2,5-6H2,1H3,(H2,13,14). The van der Waals surface area contributed by atoms with E-state index in [0.29, 0.717) is 5.82 Å². The van der Waals surface area contributed by atoms with Crippen LogP contribution in [0, 0.1) is 0 Å². The van der Waals surface area contributed by atoms with Crippen LogP contribution in [-0.2, 0) is 16.5 Å². The summed E-state index contributed by atoms with van der Waals surface area (Å²) in [5.41, 5.74) is 7.87. The van der Waals surface area contributed by atoms with Gasteiger partial charge in [-0.2, -0.15) is 5.10 Å². The second kappa shape index (κ2) is 4.01. The molecule has 1 aliphatic heterocycles. The molecule has 5 nitrogen and oxygen atoms in total. The van der Waals surface area contributed by atoms with Crippen LogP contribution in [0.15, 0.2) is 18.2 Å². The number of rotatable bonds is 1. The molecule has 0 aliphatic carbocycles. The number of hydrogen-bond donors (Lipinski definition) is 1. The molecule has 1 saturated heterocycles. The molecule has 2 aromatic rings. The second-order valence-electron chi connectivity index (χ2n) is 4.21. The number of benzene rings is 1. The summed E-state index contributed by atoms with van der Waals surface area (Å²) in [6.45, 7) is 1.48. The fourth-order valence-corrected chi connectivity index (χ4v) is 2.14. The topological polar surface area (TPSA) is 62.3 Å². The Morgan fingerprint density at radius 3 is 2.88 bits per heavy atom. The quantitative estimate of drug-likeness (QED) is 0.812. The normalized spacial score (nSPS) is 17.7. The minimum atomic E-state index is -0.271. The van der Waals surface area contributed by atoms with Crippen molar-refractivity contribution in [3.8, 4) is 0 Å². The Labute approximate surface area is 99.1 Å². The highest BCUT2D eigenvalue weighted by Gasteiger charge is 2.18. The van der Waals surface area contributed by atoms with Crippen molar-refractivity contribution in [3.05, 3.63) is 23.8 Å². The van der Waals surface area contributed by atoms with Gasteiger partial charge >= 0.3 is 0 Å². The zero-order valence-electron chi connectivity index (χ0n) is 9.72. The zero-order chi connectivity index (χ0) is 11.8. The fourth-order valence-electron chi connectivity index (χ4n) is 2.14. The minimum Gasteiger partial charge on any atom is -0.382 e. The first kappa shape index (κ1) is 10.6. The van der Waals surface area contributed by atoms with Gasteiger partial charge in [-0.25, -0.2) is 0 Å². The van der Waals surface area contributed by atoms with Gasteiger partial charge in [0, 0.05) is 18.0 Å². The molecular formula is C12H15N3O2. The first-order valence-corrected chi connectivity index (χ1v) is 5.71. The van der Waals surface area contributed by atoms with E-state index in [1.54, 1.807) is 4.68 Å². The van der Waals surface area contributed by atoms with Crippen molar-refractivity contribution in [2.75, 3.05) is 18.9 Å². The number of fused-ring (bicyclic) bond motifs is 1. The van der Waals surface area contributed by atoms with Crippen molar-refractivity contribution in [1.29, 1.82) is 0 Å². The van der Waals surface area contributed by atoms with Crippen LogP contribution in [0.5, 0.6) is 0 Å². The molecule has 0 unspecified atom stereocenters. The molecule has 0 atom stereocenters. The van der Waals surface area contributed by atoms with Crippen molar-refractivity contribution in [2.45, 2.75) is 12.7 Å². The molecule has 1 aromatic heterocycles. The van der Waals surface area contributed by atoms with Crippen LogP contribution in [-0.4, -0.2) is 23.0 Å². The summed E-state index contributed by atoms with van der Waals surface area (Å²) in [4.78, 5) is 0. The van der Waals surface area contributed by atoms with Crippen molar-refractivity contribution in [3.63, 3.8) is 0 Å². The average Bonchev–Trinajstić information content (AvgIpc) is 2.66. The monoisotopic (exact) mass is 233 g/mol. The van der Waals surface area contributed by atoms with Crippen LogP contribution >= 0.6 is 0 Å². The Kier molecular flexibility index (Phi) is 2.49. The van der Waals surface area contributed by atoms with E-state index in [1.807, 2.05) is 25.2 Å². The van der Waals surface area contributed by atoms with Gasteiger partial charge in [-0.1, -0.05) is 6.07 Å². The van der Waals surface area contributed by atoms with Crippen molar-refractivity contribution in [1.82, 2.24) is 9.78 Å². The number of nitrogens with two attached hydrogens (primary N) is 1. The molecule has 17 heavy (non-hydrogen) atoms. The lowest BCUT2D eigenvalue weighted by Crippen LogP contribution is -2.17. The van der Waals surface area contributed by atoms with E-state index in [0.717, 1.165) is 36.1 Å². The molecule has 0 saturated carbocycles. The number of hydrogen-bond acceptors (Lipinski definition) is 4. The predicted molar refractivity (Wildman–Crippen MR) is 64.4 cm³/mol. The van der Waals surface area contributed by atoms with Crippen molar-refractivity contribution >= 4 is 16.7 Å².